The molecule has 0 N–H and O–H groups in total. The number of unbranched alkanes of at least 4 members (excludes halogenated alkanes) is 2. The molecular weight excluding hydrogens is 439 g/mol. The topological polar surface area (TPSA) is 0 Å². The fourth-order valence-corrected chi connectivity index (χ4v) is 6.45. The molecule has 0 aromatic heterocycles. The molecule has 2 aromatic rings. The molecule has 1 atom stereocenters. The molecule has 2 aromatic carbocycles. The summed E-state index contributed by atoms with van der Waals surface area (Å²) in [5, 5.41) is 0.313. The first-order valence-electron chi connectivity index (χ1n) is 13.9. The van der Waals surface area contributed by atoms with E-state index >= 15 is 0 Å². The lowest BCUT2D eigenvalue weighted by Crippen LogP contribution is -2.13. The maximum absolute atomic E-state index is 14.9. The van der Waals surface area contributed by atoms with Crippen LogP contribution in [0.3, 0.4) is 0 Å². The molecule has 4 rings (SSSR count). The summed E-state index contributed by atoms with van der Waals surface area (Å²) < 4.78 is 14.9. The highest BCUT2D eigenvalue weighted by Crippen LogP contribution is 2.41. The quantitative estimate of drug-likeness (QED) is 0.313. The molecular formula is C32H42ClF. The van der Waals surface area contributed by atoms with E-state index in [1.165, 1.54) is 62.5 Å². The van der Waals surface area contributed by atoms with Crippen LogP contribution in [-0.2, 0) is 6.42 Å². The van der Waals surface area contributed by atoms with Gasteiger partial charge in [-0.3, -0.25) is 0 Å². The molecule has 0 saturated heterocycles. The van der Waals surface area contributed by atoms with Crippen molar-refractivity contribution in [2.24, 2.45) is 5.92 Å². The van der Waals surface area contributed by atoms with Crippen LogP contribution in [0.4, 0.5) is 4.39 Å². The van der Waals surface area contributed by atoms with E-state index in [0.717, 1.165) is 55.1 Å². The Bertz CT molecular complexity index is 950. The molecule has 34 heavy (non-hydrogen) atoms. The summed E-state index contributed by atoms with van der Waals surface area (Å²) in [6, 6.07) is 13.5. The van der Waals surface area contributed by atoms with Crippen LogP contribution in [0.15, 0.2) is 42.5 Å². The summed E-state index contributed by atoms with van der Waals surface area (Å²) in [6.07, 6.45) is 18.1. The maximum Gasteiger partial charge on any atom is 0.149 e. The minimum atomic E-state index is -0.234. The van der Waals surface area contributed by atoms with Crippen LogP contribution in [0.5, 0.6) is 0 Å². The standard InChI is InChI=1S/C32H42ClF/c1-3-5-6-8-23-9-11-24(12-10-23)25-13-15-26(16-14-25)27-17-19-28(20-18-27)30-22-21-29(7-4-2)31(33)32(30)34/h13-16,19,21-24,27H,3-12,17-18,20H2,1-2H3. The fourth-order valence-electron chi connectivity index (χ4n) is 6.19. The Morgan fingerprint density at radius 3 is 2.15 bits per heavy atom. The van der Waals surface area contributed by atoms with E-state index in [0.29, 0.717) is 16.5 Å². The second-order valence-electron chi connectivity index (χ2n) is 10.7. The van der Waals surface area contributed by atoms with E-state index < -0.39 is 0 Å². The van der Waals surface area contributed by atoms with Gasteiger partial charge in [-0.1, -0.05) is 100 Å². The number of allylic oxidation sites excluding steroid dienone is 2. The van der Waals surface area contributed by atoms with Gasteiger partial charge < -0.3 is 0 Å². The lowest BCUT2D eigenvalue weighted by molar-refractivity contribution is 0.303. The Balaban J connectivity index is 1.33. The molecule has 0 bridgehead atoms. The van der Waals surface area contributed by atoms with Crippen molar-refractivity contribution in [2.45, 2.75) is 109 Å². The van der Waals surface area contributed by atoms with Gasteiger partial charge in [-0.2, -0.15) is 0 Å². The largest absolute Gasteiger partial charge is 0.205 e. The van der Waals surface area contributed by atoms with E-state index in [1.54, 1.807) is 0 Å². The van der Waals surface area contributed by atoms with Crippen molar-refractivity contribution in [3.63, 3.8) is 0 Å². The second-order valence-corrected chi connectivity index (χ2v) is 11.1. The monoisotopic (exact) mass is 480 g/mol. The zero-order valence-electron chi connectivity index (χ0n) is 21.2. The summed E-state index contributed by atoms with van der Waals surface area (Å²) in [5.41, 5.74) is 5.70. The zero-order chi connectivity index (χ0) is 23.9. The highest BCUT2D eigenvalue weighted by atomic mass is 35.5. The van der Waals surface area contributed by atoms with Crippen LogP contribution in [0.1, 0.15) is 125 Å². The van der Waals surface area contributed by atoms with E-state index in [4.69, 9.17) is 11.6 Å². The molecule has 2 aliphatic rings. The number of halogens is 2. The van der Waals surface area contributed by atoms with Crippen molar-refractivity contribution in [3.8, 4) is 0 Å². The van der Waals surface area contributed by atoms with Crippen LogP contribution in [0, 0.1) is 11.7 Å². The van der Waals surface area contributed by atoms with Gasteiger partial charge in [-0.05, 0) is 91.4 Å². The van der Waals surface area contributed by atoms with Crippen molar-refractivity contribution in [1.29, 1.82) is 0 Å². The smallest absolute Gasteiger partial charge is 0.149 e. The fraction of sp³-hybridized carbons (Fsp3) is 0.562. The van der Waals surface area contributed by atoms with Crippen LogP contribution < -0.4 is 0 Å². The molecule has 1 saturated carbocycles. The number of aryl methyl sites for hydroxylation is 1. The molecule has 0 nitrogen and oxygen atoms in total. The SMILES string of the molecule is CCCCCC1CCC(c2ccc(C3CC=C(c4ccc(CCC)c(Cl)c4F)CC3)cc2)CC1. The van der Waals surface area contributed by atoms with Gasteiger partial charge in [0.15, 0.2) is 0 Å². The Morgan fingerprint density at radius 2 is 1.53 bits per heavy atom. The van der Waals surface area contributed by atoms with Gasteiger partial charge in [0.05, 0.1) is 5.02 Å². The van der Waals surface area contributed by atoms with E-state index in [9.17, 15) is 4.39 Å². The number of rotatable bonds is 9. The average Bonchev–Trinajstić information content (AvgIpc) is 2.88. The number of hydrogen-bond donors (Lipinski definition) is 0. The predicted octanol–water partition coefficient (Wildman–Crippen LogP) is 10.6. The van der Waals surface area contributed by atoms with Crippen LogP contribution >= 0.6 is 11.6 Å². The Labute approximate surface area is 212 Å². The lowest BCUT2D eigenvalue weighted by Gasteiger charge is -2.29. The minimum Gasteiger partial charge on any atom is -0.205 e. The van der Waals surface area contributed by atoms with E-state index in [-0.39, 0.29) is 5.82 Å². The van der Waals surface area contributed by atoms with E-state index in [2.05, 4.69) is 44.2 Å². The molecule has 2 heteroatoms. The van der Waals surface area contributed by atoms with Crippen molar-refractivity contribution in [2.75, 3.05) is 0 Å². The molecule has 0 heterocycles. The van der Waals surface area contributed by atoms with Crippen molar-refractivity contribution in [1.82, 2.24) is 0 Å². The summed E-state index contributed by atoms with van der Waals surface area (Å²) in [6.45, 7) is 4.39. The summed E-state index contributed by atoms with van der Waals surface area (Å²) >= 11 is 6.33. The zero-order valence-corrected chi connectivity index (χ0v) is 22.0. The van der Waals surface area contributed by atoms with Gasteiger partial charge in [0.1, 0.15) is 5.82 Å². The molecule has 2 aliphatic carbocycles. The Kier molecular flexibility index (Phi) is 9.29. The maximum atomic E-state index is 14.9. The highest BCUT2D eigenvalue weighted by Gasteiger charge is 2.24. The number of hydrogen-bond acceptors (Lipinski definition) is 0. The van der Waals surface area contributed by atoms with E-state index in [1.807, 2.05) is 12.1 Å². The van der Waals surface area contributed by atoms with Crippen LogP contribution in [-0.4, -0.2) is 0 Å². The van der Waals surface area contributed by atoms with Crippen LogP contribution in [0.2, 0.25) is 5.02 Å². The third-order valence-corrected chi connectivity index (χ3v) is 8.79. The van der Waals surface area contributed by atoms with Gasteiger partial charge in [0.25, 0.3) is 0 Å². The molecule has 0 radical (unpaired) electrons. The lowest BCUT2D eigenvalue weighted by atomic mass is 9.76. The average molecular weight is 481 g/mol. The first-order chi connectivity index (χ1) is 16.6. The van der Waals surface area contributed by atoms with Gasteiger partial charge >= 0.3 is 0 Å². The minimum absolute atomic E-state index is 0.234. The Morgan fingerprint density at radius 1 is 0.824 bits per heavy atom. The van der Waals surface area contributed by atoms with Crippen molar-refractivity contribution >= 4 is 17.2 Å². The van der Waals surface area contributed by atoms with Crippen LogP contribution in [0.25, 0.3) is 5.57 Å². The van der Waals surface area contributed by atoms with Gasteiger partial charge in [0.2, 0.25) is 0 Å². The van der Waals surface area contributed by atoms with Crippen molar-refractivity contribution in [3.05, 3.63) is 75.6 Å². The summed E-state index contributed by atoms with van der Waals surface area (Å²) in [4.78, 5) is 0. The third-order valence-electron chi connectivity index (χ3n) is 8.38. The molecule has 184 valence electrons. The van der Waals surface area contributed by atoms with Gasteiger partial charge in [-0.25, -0.2) is 4.39 Å². The second kappa shape index (κ2) is 12.4. The molecule has 0 aliphatic heterocycles. The predicted molar refractivity (Wildman–Crippen MR) is 145 cm³/mol. The van der Waals surface area contributed by atoms with Gasteiger partial charge in [-0.15, -0.1) is 0 Å². The molecule has 0 amide bonds. The third kappa shape index (κ3) is 6.14. The summed E-state index contributed by atoms with van der Waals surface area (Å²) in [7, 11) is 0. The molecule has 1 fully saturated rings. The number of benzene rings is 2. The molecule has 1 unspecified atom stereocenters. The normalized spacial score (nSPS) is 23.1. The highest BCUT2D eigenvalue weighted by molar-refractivity contribution is 6.31. The molecule has 0 spiro atoms. The first-order valence-corrected chi connectivity index (χ1v) is 14.2. The summed E-state index contributed by atoms with van der Waals surface area (Å²) in [5.74, 6) is 2.01. The first kappa shape index (κ1) is 25.5. The Hall–Kier alpha value is -1.60. The van der Waals surface area contributed by atoms with Crippen molar-refractivity contribution < 1.29 is 4.39 Å². The van der Waals surface area contributed by atoms with Gasteiger partial charge in [0, 0.05) is 5.56 Å².